The molecule has 0 saturated carbocycles. The first kappa shape index (κ1) is 21.9. The molecule has 2 aromatic carbocycles. The Bertz CT molecular complexity index is 967. The van der Waals surface area contributed by atoms with Gasteiger partial charge in [0, 0.05) is 12.1 Å². The number of ether oxygens (including phenoxy) is 1. The number of amides is 1. The van der Waals surface area contributed by atoms with Gasteiger partial charge in [0.05, 0.1) is 5.75 Å². The van der Waals surface area contributed by atoms with E-state index in [1.807, 2.05) is 87.2 Å². The van der Waals surface area contributed by atoms with Crippen molar-refractivity contribution >= 4 is 17.7 Å². The first-order chi connectivity index (χ1) is 14.3. The summed E-state index contributed by atoms with van der Waals surface area (Å²) in [5.74, 6) is 1.37. The Balaban J connectivity index is 1.55. The molecule has 0 atom stereocenters. The molecule has 1 heterocycles. The topological polar surface area (TPSA) is 68.5 Å². The maximum Gasteiger partial charge on any atom is 0.277 e. The third-order valence-corrected chi connectivity index (χ3v) is 5.22. The molecule has 3 rings (SSSR count). The first-order valence-electron chi connectivity index (χ1n) is 9.80. The molecule has 0 aliphatic rings. The molecular formula is C23H27N3O3S. The Morgan fingerprint density at radius 2 is 1.87 bits per heavy atom. The van der Waals surface area contributed by atoms with Gasteiger partial charge in [0.25, 0.3) is 11.1 Å². The lowest BCUT2D eigenvalue weighted by molar-refractivity contribution is -0.133. The predicted octanol–water partition coefficient (Wildman–Crippen LogP) is 4.88. The number of carbonyl (C=O) groups is 1. The second-order valence-corrected chi connectivity index (χ2v) is 8.92. The number of benzene rings is 2. The number of thioether (sulfide) groups is 1. The van der Waals surface area contributed by atoms with Crippen LogP contribution in [0.1, 0.15) is 37.8 Å². The second kappa shape index (κ2) is 9.80. The molecule has 0 spiro atoms. The molecule has 30 heavy (non-hydrogen) atoms. The minimum atomic E-state index is -0.296. The van der Waals surface area contributed by atoms with Gasteiger partial charge in [-0.2, -0.15) is 0 Å². The highest BCUT2D eigenvalue weighted by molar-refractivity contribution is 7.99. The fourth-order valence-corrected chi connectivity index (χ4v) is 3.53. The Hall–Kier alpha value is -2.80. The van der Waals surface area contributed by atoms with Crippen LogP contribution in [-0.2, 0) is 17.9 Å². The SMILES string of the molecule is Cc1cccc(OCc2nnc(SCC(=O)N(Cc3ccccc3)C(C)(C)C)o2)c1. The molecule has 7 heteroatoms. The summed E-state index contributed by atoms with van der Waals surface area (Å²) in [6.07, 6.45) is 0. The standard InChI is InChI=1S/C23H27N3O3S/c1-17-9-8-12-19(13-17)28-15-20-24-25-22(29-20)30-16-21(27)26(23(2,3)4)14-18-10-6-5-7-11-18/h5-13H,14-16H2,1-4H3. The average Bonchev–Trinajstić information content (AvgIpc) is 3.17. The molecule has 0 N–H and O–H groups in total. The van der Waals surface area contributed by atoms with Gasteiger partial charge in [-0.1, -0.05) is 54.2 Å². The van der Waals surface area contributed by atoms with Gasteiger partial charge in [0.15, 0.2) is 6.61 Å². The number of aromatic nitrogens is 2. The lowest BCUT2D eigenvalue weighted by Gasteiger charge is -2.35. The lowest BCUT2D eigenvalue weighted by Crippen LogP contribution is -2.45. The zero-order valence-corrected chi connectivity index (χ0v) is 18.6. The highest BCUT2D eigenvalue weighted by Gasteiger charge is 2.27. The van der Waals surface area contributed by atoms with E-state index in [4.69, 9.17) is 9.15 Å². The molecule has 0 bridgehead atoms. The Kier molecular flexibility index (Phi) is 7.15. The van der Waals surface area contributed by atoms with E-state index in [2.05, 4.69) is 10.2 Å². The summed E-state index contributed by atoms with van der Waals surface area (Å²) >= 11 is 1.24. The van der Waals surface area contributed by atoms with Crippen LogP contribution in [0.4, 0.5) is 0 Å². The van der Waals surface area contributed by atoms with Crippen LogP contribution in [0.15, 0.2) is 64.2 Å². The molecule has 158 valence electrons. The van der Waals surface area contributed by atoms with E-state index in [-0.39, 0.29) is 23.8 Å². The molecule has 0 saturated heterocycles. The van der Waals surface area contributed by atoms with Crippen molar-refractivity contribution < 1.29 is 13.9 Å². The van der Waals surface area contributed by atoms with E-state index in [9.17, 15) is 4.79 Å². The van der Waals surface area contributed by atoms with Crippen molar-refractivity contribution in [1.82, 2.24) is 15.1 Å². The van der Waals surface area contributed by atoms with Crippen molar-refractivity contribution in [2.45, 2.75) is 51.6 Å². The zero-order valence-electron chi connectivity index (χ0n) is 17.8. The summed E-state index contributed by atoms with van der Waals surface area (Å²) in [7, 11) is 0. The number of hydrogen-bond acceptors (Lipinski definition) is 6. The van der Waals surface area contributed by atoms with Crippen LogP contribution in [0.25, 0.3) is 0 Å². The molecule has 0 aliphatic heterocycles. The van der Waals surface area contributed by atoms with Gasteiger partial charge < -0.3 is 14.1 Å². The van der Waals surface area contributed by atoms with Gasteiger partial charge in [-0.3, -0.25) is 4.79 Å². The highest BCUT2D eigenvalue weighted by Crippen LogP contribution is 2.23. The van der Waals surface area contributed by atoms with Crippen LogP contribution in [-0.4, -0.2) is 32.3 Å². The van der Waals surface area contributed by atoms with E-state index in [0.29, 0.717) is 17.7 Å². The summed E-state index contributed by atoms with van der Waals surface area (Å²) in [5, 5.41) is 8.39. The summed E-state index contributed by atoms with van der Waals surface area (Å²) < 4.78 is 11.3. The molecule has 0 unspecified atom stereocenters. The van der Waals surface area contributed by atoms with Gasteiger partial charge in [0.1, 0.15) is 5.75 Å². The number of rotatable bonds is 8. The number of carbonyl (C=O) groups excluding carboxylic acids is 1. The molecule has 0 aliphatic carbocycles. The summed E-state index contributed by atoms with van der Waals surface area (Å²) in [4.78, 5) is 14.8. The Morgan fingerprint density at radius 3 is 2.57 bits per heavy atom. The number of hydrogen-bond donors (Lipinski definition) is 0. The molecule has 1 amide bonds. The van der Waals surface area contributed by atoms with Crippen LogP contribution in [0, 0.1) is 6.92 Å². The van der Waals surface area contributed by atoms with Crippen molar-refractivity contribution in [3.63, 3.8) is 0 Å². The summed E-state index contributed by atoms with van der Waals surface area (Å²) in [5.41, 5.74) is 1.92. The maximum absolute atomic E-state index is 12.9. The minimum Gasteiger partial charge on any atom is -0.484 e. The average molecular weight is 426 g/mol. The van der Waals surface area contributed by atoms with Gasteiger partial charge in [-0.15, -0.1) is 10.2 Å². The van der Waals surface area contributed by atoms with Gasteiger partial charge >= 0.3 is 0 Å². The molecule has 6 nitrogen and oxygen atoms in total. The van der Waals surface area contributed by atoms with E-state index in [1.165, 1.54) is 11.8 Å². The lowest BCUT2D eigenvalue weighted by atomic mass is 10.0. The van der Waals surface area contributed by atoms with Crippen LogP contribution in [0.2, 0.25) is 0 Å². The fraction of sp³-hybridized carbons (Fsp3) is 0.348. The van der Waals surface area contributed by atoms with Crippen LogP contribution in [0.5, 0.6) is 5.75 Å². The largest absolute Gasteiger partial charge is 0.484 e. The van der Waals surface area contributed by atoms with E-state index < -0.39 is 0 Å². The van der Waals surface area contributed by atoms with E-state index in [1.54, 1.807) is 0 Å². The zero-order chi connectivity index (χ0) is 21.6. The third-order valence-electron chi connectivity index (χ3n) is 4.41. The summed E-state index contributed by atoms with van der Waals surface area (Å²) in [6, 6.07) is 17.7. The molecule has 1 aromatic heterocycles. The number of nitrogens with zero attached hydrogens (tertiary/aromatic N) is 3. The van der Waals surface area contributed by atoms with Crippen LogP contribution >= 0.6 is 11.8 Å². The minimum absolute atomic E-state index is 0.0205. The fourth-order valence-electron chi connectivity index (χ4n) is 2.87. The molecular weight excluding hydrogens is 398 g/mol. The highest BCUT2D eigenvalue weighted by atomic mass is 32.2. The van der Waals surface area contributed by atoms with Crippen molar-refractivity contribution in [3.8, 4) is 5.75 Å². The van der Waals surface area contributed by atoms with Gasteiger partial charge in [0.2, 0.25) is 5.91 Å². The molecule has 3 aromatic rings. The van der Waals surface area contributed by atoms with Crippen molar-refractivity contribution in [2.24, 2.45) is 0 Å². The van der Waals surface area contributed by atoms with Crippen LogP contribution < -0.4 is 4.74 Å². The van der Waals surface area contributed by atoms with E-state index in [0.717, 1.165) is 16.9 Å². The van der Waals surface area contributed by atoms with Crippen molar-refractivity contribution in [2.75, 3.05) is 5.75 Å². The monoisotopic (exact) mass is 425 g/mol. The van der Waals surface area contributed by atoms with Gasteiger partial charge in [-0.05, 0) is 51.0 Å². The van der Waals surface area contributed by atoms with Gasteiger partial charge in [-0.25, -0.2) is 0 Å². The maximum atomic E-state index is 12.9. The quantitative estimate of drug-likeness (QED) is 0.479. The van der Waals surface area contributed by atoms with Crippen LogP contribution in [0.3, 0.4) is 0 Å². The molecule has 0 radical (unpaired) electrons. The first-order valence-corrected chi connectivity index (χ1v) is 10.8. The predicted molar refractivity (Wildman–Crippen MR) is 117 cm³/mol. The van der Waals surface area contributed by atoms with E-state index >= 15 is 0 Å². The Morgan fingerprint density at radius 1 is 1.10 bits per heavy atom. The summed E-state index contributed by atoms with van der Waals surface area (Å²) in [6.45, 7) is 8.85. The molecule has 0 fully saturated rings. The Labute approximate surface area is 181 Å². The number of aryl methyl sites for hydroxylation is 1. The third kappa shape index (κ3) is 6.35. The second-order valence-electron chi connectivity index (χ2n) is 7.99. The van der Waals surface area contributed by atoms with Crippen molar-refractivity contribution in [1.29, 1.82) is 0 Å². The smallest absolute Gasteiger partial charge is 0.277 e. The normalized spacial score (nSPS) is 11.3. The van der Waals surface area contributed by atoms with Crippen molar-refractivity contribution in [3.05, 3.63) is 71.6 Å².